The van der Waals surface area contributed by atoms with Gasteiger partial charge in [0.05, 0.1) is 18.5 Å². The molecule has 1 aliphatic heterocycles. The zero-order chi connectivity index (χ0) is 21.4. The number of rotatable bonds is 5. The fourth-order valence-corrected chi connectivity index (χ4v) is 4.16. The molecule has 4 aromatic rings. The zero-order valence-corrected chi connectivity index (χ0v) is 18.9. The molecule has 5 rings (SSSR count). The number of halogens is 1. The maximum Gasteiger partial charge on any atom is 0.162 e. The molecule has 0 aliphatic carbocycles. The standard InChI is InChI=1S/C25H22BrN3O2/c1-16-13-22-20-5-3-4-6-21(20)27-25(29(22)28-16)18-9-12-23(30-2)24(14-18)31-15-17-7-10-19(26)11-8-17/h3-14,25,27H,15H2,1-2H3/t25-/m1/s1. The van der Waals surface area contributed by atoms with Crippen molar-refractivity contribution in [2.24, 2.45) is 0 Å². The van der Waals surface area contributed by atoms with E-state index in [1.165, 1.54) is 0 Å². The first-order valence-electron chi connectivity index (χ1n) is 10.1. The van der Waals surface area contributed by atoms with E-state index in [2.05, 4.69) is 51.6 Å². The first-order chi connectivity index (χ1) is 15.1. The molecule has 6 heteroatoms. The summed E-state index contributed by atoms with van der Waals surface area (Å²) in [5, 5.41) is 8.39. The Morgan fingerprint density at radius 1 is 1.00 bits per heavy atom. The predicted molar refractivity (Wildman–Crippen MR) is 126 cm³/mol. The molecule has 0 radical (unpaired) electrons. The summed E-state index contributed by atoms with van der Waals surface area (Å²) in [4.78, 5) is 0. The highest BCUT2D eigenvalue weighted by Gasteiger charge is 2.27. The molecule has 0 saturated heterocycles. The summed E-state index contributed by atoms with van der Waals surface area (Å²) in [7, 11) is 1.66. The molecule has 2 heterocycles. The van der Waals surface area contributed by atoms with Gasteiger partial charge in [0.25, 0.3) is 0 Å². The maximum absolute atomic E-state index is 6.15. The molecule has 1 atom stereocenters. The number of aromatic nitrogens is 2. The number of hydrogen-bond donors (Lipinski definition) is 1. The number of fused-ring (bicyclic) bond motifs is 3. The normalized spacial score (nSPS) is 14.4. The number of hydrogen-bond acceptors (Lipinski definition) is 4. The Hall–Kier alpha value is -3.25. The molecule has 31 heavy (non-hydrogen) atoms. The van der Waals surface area contributed by atoms with E-state index in [9.17, 15) is 0 Å². The lowest BCUT2D eigenvalue weighted by molar-refractivity contribution is 0.284. The van der Waals surface area contributed by atoms with E-state index in [1.54, 1.807) is 7.11 Å². The molecule has 0 bridgehead atoms. The van der Waals surface area contributed by atoms with Crippen molar-refractivity contribution in [1.29, 1.82) is 0 Å². The second-order valence-corrected chi connectivity index (χ2v) is 8.45. The van der Waals surface area contributed by atoms with Gasteiger partial charge in [0, 0.05) is 21.3 Å². The van der Waals surface area contributed by atoms with E-state index in [4.69, 9.17) is 14.6 Å². The summed E-state index contributed by atoms with van der Waals surface area (Å²) < 4.78 is 14.8. The lowest BCUT2D eigenvalue weighted by Crippen LogP contribution is -2.25. The maximum atomic E-state index is 6.15. The van der Waals surface area contributed by atoms with Crippen molar-refractivity contribution < 1.29 is 9.47 Å². The van der Waals surface area contributed by atoms with Gasteiger partial charge in [0.15, 0.2) is 11.5 Å². The summed E-state index contributed by atoms with van der Waals surface area (Å²) in [6, 6.07) is 24.6. The lowest BCUT2D eigenvalue weighted by atomic mass is 10.0. The van der Waals surface area contributed by atoms with Crippen LogP contribution in [0.1, 0.15) is 23.0 Å². The molecule has 0 fully saturated rings. The van der Waals surface area contributed by atoms with Crippen LogP contribution in [0, 0.1) is 6.92 Å². The SMILES string of the molecule is COc1ccc([C@@H]2Nc3ccccc3-c3cc(C)nn32)cc1OCc1ccc(Br)cc1. The number of methoxy groups -OCH3 is 1. The van der Waals surface area contributed by atoms with Gasteiger partial charge >= 0.3 is 0 Å². The molecular weight excluding hydrogens is 454 g/mol. The van der Waals surface area contributed by atoms with Crippen LogP contribution in [0.2, 0.25) is 0 Å². The van der Waals surface area contributed by atoms with Crippen molar-refractivity contribution in [1.82, 2.24) is 9.78 Å². The van der Waals surface area contributed by atoms with E-state index in [0.29, 0.717) is 18.1 Å². The summed E-state index contributed by atoms with van der Waals surface area (Å²) in [6.07, 6.45) is -0.139. The third-order valence-corrected chi connectivity index (χ3v) is 5.94. The summed E-state index contributed by atoms with van der Waals surface area (Å²) >= 11 is 3.47. The Labute approximate surface area is 189 Å². The van der Waals surface area contributed by atoms with E-state index in [0.717, 1.165) is 38.2 Å². The second kappa shape index (κ2) is 8.12. The molecule has 0 spiro atoms. The second-order valence-electron chi connectivity index (χ2n) is 7.53. The van der Waals surface area contributed by atoms with Crippen LogP contribution in [0.3, 0.4) is 0 Å². The number of benzene rings is 3. The first-order valence-corrected chi connectivity index (χ1v) is 10.9. The van der Waals surface area contributed by atoms with Crippen LogP contribution in [0.15, 0.2) is 77.3 Å². The van der Waals surface area contributed by atoms with E-state index < -0.39 is 0 Å². The Morgan fingerprint density at radius 2 is 1.81 bits per heavy atom. The van der Waals surface area contributed by atoms with Gasteiger partial charge in [-0.2, -0.15) is 5.10 Å². The molecule has 156 valence electrons. The third-order valence-electron chi connectivity index (χ3n) is 5.41. The number of ether oxygens (including phenoxy) is 2. The van der Waals surface area contributed by atoms with Crippen LogP contribution < -0.4 is 14.8 Å². The average molecular weight is 476 g/mol. The van der Waals surface area contributed by atoms with Crippen LogP contribution in [0.4, 0.5) is 5.69 Å². The lowest BCUT2D eigenvalue weighted by Gasteiger charge is -2.29. The van der Waals surface area contributed by atoms with Gasteiger partial charge in [-0.15, -0.1) is 0 Å². The van der Waals surface area contributed by atoms with Gasteiger partial charge in [-0.25, -0.2) is 4.68 Å². The van der Waals surface area contributed by atoms with Gasteiger partial charge in [-0.1, -0.05) is 52.3 Å². The highest BCUT2D eigenvalue weighted by Crippen LogP contribution is 2.40. The first kappa shape index (κ1) is 19.7. The Morgan fingerprint density at radius 3 is 2.61 bits per heavy atom. The average Bonchev–Trinajstić information content (AvgIpc) is 3.19. The van der Waals surface area contributed by atoms with Crippen LogP contribution in [-0.4, -0.2) is 16.9 Å². The topological polar surface area (TPSA) is 48.3 Å². The zero-order valence-electron chi connectivity index (χ0n) is 17.3. The molecule has 0 unspecified atom stereocenters. The summed E-state index contributed by atoms with van der Waals surface area (Å²) in [6.45, 7) is 2.48. The summed E-state index contributed by atoms with van der Waals surface area (Å²) in [5.41, 5.74) is 6.46. The van der Waals surface area contributed by atoms with Crippen molar-refractivity contribution in [2.45, 2.75) is 19.7 Å². The van der Waals surface area contributed by atoms with Crippen molar-refractivity contribution in [2.75, 3.05) is 12.4 Å². The van der Waals surface area contributed by atoms with Crippen molar-refractivity contribution >= 4 is 21.6 Å². The number of aryl methyl sites for hydroxylation is 1. The largest absolute Gasteiger partial charge is 0.493 e. The number of nitrogens with zero attached hydrogens (tertiary/aromatic N) is 2. The minimum absolute atomic E-state index is 0.139. The molecule has 5 nitrogen and oxygen atoms in total. The van der Waals surface area contributed by atoms with Crippen LogP contribution >= 0.6 is 15.9 Å². The van der Waals surface area contributed by atoms with Crippen LogP contribution in [0.25, 0.3) is 11.3 Å². The number of para-hydroxylation sites is 1. The quantitative estimate of drug-likeness (QED) is 0.374. The van der Waals surface area contributed by atoms with Gasteiger partial charge in [-0.05, 0) is 48.9 Å². The third kappa shape index (κ3) is 3.79. The highest BCUT2D eigenvalue weighted by atomic mass is 79.9. The minimum Gasteiger partial charge on any atom is -0.493 e. The van der Waals surface area contributed by atoms with Crippen molar-refractivity contribution in [3.63, 3.8) is 0 Å². The Balaban J connectivity index is 1.49. The van der Waals surface area contributed by atoms with Gasteiger partial charge < -0.3 is 14.8 Å². The molecule has 1 N–H and O–H groups in total. The minimum atomic E-state index is -0.139. The van der Waals surface area contributed by atoms with E-state index in [-0.39, 0.29) is 6.17 Å². The smallest absolute Gasteiger partial charge is 0.162 e. The highest BCUT2D eigenvalue weighted by molar-refractivity contribution is 9.10. The van der Waals surface area contributed by atoms with Gasteiger partial charge in [0.2, 0.25) is 0 Å². The number of nitrogens with one attached hydrogen (secondary N) is 1. The number of anilines is 1. The fourth-order valence-electron chi connectivity index (χ4n) is 3.90. The molecular formula is C25H22BrN3O2. The van der Waals surface area contributed by atoms with Crippen molar-refractivity contribution in [3.05, 3.63) is 94.1 Å². The Kier molecular flexibility index (Phi) is 5.16. The predicted octanol–water partition coefficient (Wildman–Crippen LogP) is 6.18. The molecule has 3 aromatic carbocycles. The molecule has 1 aromatic heterocycles. The van der Waals surface area contributed by atoms with Gasteiger partial charge in [0.1, 0.15) is 12.8 Å². The molecule has 0 saturated carbocycles. The van der Waals surface area contributed by atoms with E-state index >= 15 is 0 Å². The Bertz CT molecular complexity index is 1230. The monoisotopic (exact) mass is 475 g/mol. The van der Waals surface area contributed by atoms with Crippen LogP contribution in [-0.2, 0) is 6.61 Å². The van der Waals surface area contributed by atoms with E-state index in [1.807, 2.05) is 54.1 Å². The van der Waals surface area contributed by atoms with Crippen LogP contribution in [0.5, 0.6) is 11.5 Å². The molecule has 1 aliphatic rings. The molecule has 0 amide bonds. The van der Waals surface area contributed by atoms with Gasteiger partial charge in [-0.3, -0.25) is 0 Å². The summed E-state index contributed by atoms with van der Waals surface area (Å²) in [5.74, 6) is 1.41. The van der Waals surface area contributed by atoms with Crippen molar-refractivity contribution in [3.8, 4) is 22.8 Å². The fraction of sp³-hybridized carbons (Fsp3) is 0.160.